The highest BCUT2D eigenvalue weighted by Crippen LogP contribution is 2.20. The summed E-state index contributed by atoms with van der Waals surface area (Å²) in [6.45, 7) is 6.21. The number of aliphatic hydroxyl groups excluding tert-OH is 1. The first kappa shape index (κ1) is 17.6. The van der Waals surface area contributed by atoms with Crippen LogP contribution in [0.5, 0.6) is 0 Å². The van der Waals surface area contributed by atoms with Crippen molar-refractivity contribution in [3.05, 3.63) is 46.6 Å². The van der Waals surface area contributed by atoms with Crippen molar-refractivity contribution in [1.82, 2.24) is 24.6 Å². The first-order valence-corrected chi connectivity index (χ1v) is 9.00. The smallest absolute Gasteiger partial charge is 0.261 e. The van der Waals surface area contributed by atoms with E-state index < -0.39 is 0 Å². The van der Waals surface area contributed by atoms with Gasteiger partial charge in [-0.2, -0.15) is 4.98 Å². The quantitative estimate of drug-likeness (QED) is 0.689. The summed E-state index contributed by atoms with van der Waals surface area (Å²) < 4.78 is 6.46. The highest BCUT2D eigenvalue weighted by Gasteiger charge is 2.19. The van der Waals surface area contributed by atoms with Gasteiger partial charge in [0.15, 0.2) is 5.82 Å². The molecule has 3 aromatic rings. The molecule has 0 radical (unpaired) electrons. The van der Waals surface area contributed by atoms with Gasteiger partial charge in [-0.05, 0) is 18.2 Å². The average Bonchev–Trinajstić information content (AvgIpc) is 3.09. The number of hydrogen-bond acceptors (Lipinski definition) is 8. The summed E-state index contributed by atoms with van der Waals surface area (Å²) in [6, 6.07) is 5.74. The molecule has 1 fully saturated rings. The number of fused-ring (bicyclic) bond motifs is 1. The molecule has 1 aromatic carbocycles. The van der Waals surface area contributed by atoms with Gasteiger partial charge >= 0.3 is 0 Å². The van der Waals surface area contributed by atoms with Crippen molar-refractivity contribution in [3.63, 3.8) is 0 Å². The van der Waals surface area contributed by atoms with Gasteiger partial charge in [0.2, 0.25) is 5.89 Å². The van der Waals surface area contributed by atoms with E-state index in [4.69, 9.17) is 9.63 Å². The normalized spacial score (nSPS) is 15.6. The van der Waals surface area contributed by atoms with Crippen LogP contribution in [-0.2, 0) is 13.1 Å². The van der Waals surface area contributed by atoms with Crippen molar-refractivity contribution in [3.8, 4) is 0 Å². The predicted octanol–water partition coefficient (Wildman–Crippen LogP) is 0.402. The van der Waals surface area contributed by atoms with Gasteiger partial charge in [-0.25, -0.2) is 4.98 Å². The molecular weight excluding hydrogens is 348 g/mol. The first-order chi connectivity index (χ1) is 13.1. The van der Waals surface area contributed by atoms with Crippen LogP contribution in [0.2, 0.25) is 0 Å². The fourth-order valence-corrected chi connectivity index (χ4v) is 3.38. The van der Waals surface area contributed by atoms with E-state index in [1.54, 1.807) is 6.92 Å². The molecule has 1 aliphatic heterocycles. The van der Waals surface area contributed by atoms with Gasteiger partial charge in [0.25, 0.3) is 5.56 Å². The minimum Gasteiger partial charge on any atom is -0.395 e. The fourth-order valence-electron chi connectivity index (χ4n) is 3.38. The molecule has 4 rings (SSSR count). The molecular formula is C18H22N6O3. The van der Waals surface area contributed by atoms with E-state index in [0.29, 0.717) is 23.3 Å². The van der Waals surface area contributed by atoms with E-state index in [9.17, 15) is 4.79 Å². The van der Waals surface area contributed by atoms with Crippen LogP contribution in [0.3, 0.4) is 0 Å². The van der Waals surface area contributed by atoms with E-state index in [0.717, 1.165) is 37.7 Å². The molecule has 1 aliphatic rings. The molecule has 2 aromatic heterocycles. The molecule has 27 heavy (non-hydrogen) atoms. The number of piperazine rings is 1. The van der Waals surface area contributed by atoms with Crippen LogP contribution in [0.25, 0.3) is 10.9 Å². The lowest BCUT2D eigenvalue weighted by molar-refractivity contribution is 0.240. The Morgan fingerprint density at radius 3 is 2.74 bits per heavy atom. The van der Waals surface area contributed by atoms with E-state index in [1.807, 2.05) is 18.2 Å². The van der Waals surface area contributed by atoms with Crippen LogP contribution < -0.4 is 10.5 Å². The molecule has 1 saturated heterocycles. The van der Waals surface area contributed by atoms with Crippen LogP contribution >= 0.6 is 0 Å². The summed E-state index contributed by atoms with van der Waals surface area (Å²) in [7, 11) is 0. The molecule has 0 atom stereocenters. The Bertz CT molecular complexity index is 990. The number of aromatic nitrogens is 4. The second kappa shape index (κ2) is 7.45. The van der Waals surface area contributed by atoms with Gasteiger partial charge in [0.1, 0.15) is 0 Å². The number of anilines is 1. The molecule has 1 N–H and O–H groups in total. The fraction of sp³-hybridized carbons (Fsp3) is 0.444. The highest BCUT2D eigenvalue weighted by molar-refractivity contribution is 5.81. The van der Waals surface area contributed by atoms with E-state index >= 15 is 0 Å². The van der Waals surface area contributed by atoms with Gasteiger partial charge < -0.3 is 14.5 Å². The lowest BCUT2D eigenvalue weighted by Crippen LogP contribution is -2.46. The zero-order valence-electron chi connectivity index (χ0n) is 15.2. The van der Waals surface area contributed by atoms with Crippen molar-refractivity contribution < 1.29 is 9.63 Å². The second-order valence-electron chi connectivity index (χ2n) is 6.66. The summed E-state index contributed by atoms with van der Waals surface area (Å²) in [6.07, 6.45) is 1.50. The molecule has 0 amide bonds. The Morgan fingerprint density at radius 1 is 1.22 bits per heavy atom. The molecule has 142 valence electrons. The Balaban J connectivity index is 1.45. The lowest BCUT2D eigenvalue weighted by atomic mass is 10.2. The molecule has 9 nitrogen and oxygen atoms in total. The van der Waals surface area contributed by atoms with Crippen molar-refractivity contribution >= 4 is 16.6 Å². The number of rotatable bonds is 5. The molecule has 0 unspecified atom stereocenters. The maximum atomic E-state index is 12.4. The summed E-state index contributed by atoms with van der Waals surface area (Å²) >= 11 is 0. The zero-order valence-corrected chi connectivity index (χ0v) is 15.2. The molecule has 0 saturated carbocycles. The highest BCUT2D eigenvalue weighted by atomic mass is 16.5. The summed E-state index contributed by atoms with van der Waals surface area (Å²) in [4.78, 5) is 25.6. The topological polar surface area (TPSA) is 101 Å². The summed E-state index contributed by atoms with van der Waals surface area (Å²) in [5, 5.41) is 13.6. The van der Waals surface area contributed by atoms with Crippen molar-refractivity contribution in [2.45, 2.75) is 20.0 Å². The second-order valence-corrected chi connectivity index (χ2v) is 6.66. The molecule has 0 aliphatic carbocycles. The number of aryl methyl sites for hydroxylation is 1. The molecule has 0 bridgehead atoms. The van der Waals surface area contributed by atoms with Crippen molar-refractivity contribution in [2.75, 3.05) is 37.7 Å². The van der Waals surface area contributed by atoms with Gasteiger partial charge in [-0.3, -0.25) is 14.3 Å². The van der Waals surface area contributed by atoms with E-state index in [1.165, 1.54) is 10.9 Å². The van der Waals surface area contributed by atoms with Crippen LogP contribution in [-0.4, -0.2) is 62.5 Å². The Hall–Kier alpha value is -2.78. The SMILES string of the molecule is Cc1nc(CN2CCN(c3ccc4c(=O)n(CCO)cnc4c3)CC2)no1. The van der Waals surface area contributed by atoms with E-state index in [2.05, 4.69) is 24.9 Å². The largest absolute Gasteiger partial charge is 0.395 e. The summed E-state index contributed by atoms with van der Waals surface area (Å²) in [5.41, 5.74) is 1.61. The Kier molecular flexibility index (Phi) is 4.87. The molecule has 9 heteroatoms. The van der Waals surface area contributed by atoms with Crippen molar-refractivity contribution in [1.29, 1.82) is 0 Å². The number of nitrogens with zero attached hydrogens (tertiary/aromatic N) is 6. The third kappa shape index (κ3) is 3.69. The van der Waals surface area contributed by atoms with Crippen LogP contribution in [0.4, 0.5) is 5.69 Å². The Labute approximate surface area is 155 Å². The standard InChI is InChI=1S/C18H22N6O3/c1-13-20-17(21-27-13)11-22-4-6-23(7-5-22)14-2-3-15-16(10-14)19-12-24(8-9-25)18(15)26/h2-3,10,12,25H,4-9,11H2,1H3. The van der Waals surface area contributed by atoms with Gasteiger partial charge in [0, 0.05) is 38.8 Å². The number of benzene rings is 1. The Morgan fingerprint density at radius 2 is 2.04 bits per heavy atom. The maximum Gasteiger partial charge on any atom is 0.261 e. The minimum atomic E-state index is -0.124. The third-order valence-corrected chi connectivity index (χ3v) is 4.82. The van der Waals surface area contributed by atoms with Crippen molar-refractivity contribution in [2.24, 2.45) is 0 Å². The zero-order chi connectivity index (χ0) is 18.8. The van der Waals surface area contributed by atoms with E-state index in [-0.39, 0.29) is 18.7 Å². The predicted molar refractivity (Wildman–Crippen MR) is 99.6 cm³/mol. The number of aliphatic hydroxyl groups is 1. The minimum absolute atomic E-state index is 0.0844. The van der Waals surface area contributed by atoms with Crippen LogP contribution in [0.15, 0.2) is 33.8 Å². The van der Waals surface area contributed by atoms with Crippen LogP contribution in [0.1, 0.15) is 11.7 Å². The third-order valence-electron chi connectivity index (χ3n) is 4.82. The maximum absolute atomic E-state index is 12.4. The molecule has 0 spiro atoms. The average molecular weight is 370 g/mol. The lowest BCUT2D eigenvalue weighted by Gasteiger charge is -2.35. The van der Waals surface area contributed by atoms with Crippen LogP contribution in [0, 0.1) is 6.92 Å². The first-order valence-electron chi connectivity index (χ1n) is 9.00. The number of hydrogen-bond donors (Lipinski definition) is 1. The monoisotopic (exact) mass is 370 g/mol. The van der Waals surface area contributed by atoms with Gasteiger partial charge in [-0.15, -0.1) is 0 Å². The van der Waals surface area contributed by atoms with Gasteiger partial charge in [-0.1, -0.05) is 5.16 Å². The summed E-state index contributed by atoms with van der Waals surface area (Å²) in [5.74, 6) is 1.31. The van der Waals surface area contributed by atoms with Gasteiger partial charge in [0.05, 0.1) is 36.9 Å². The molecule has 3 heterocycles.